The van der Waals surface area contributed by atoms with Gasteiger partial charge >= 0.3 is 5.97 Å². The molecule has 0 radical (unpaired) electrons. The second-order valence-corrected chi connectivity index (χ2v) is 7.87. The Hall–Kier alpha value is -3.12. The zero-order valence-corrected chi connectivity index (χ0v) is 17.0. The number of rotatable bonds is 4. The summed E-state index contributed by atoms with van der Waals surface area (Å²) < 4.78 is 5.18. The highest BCUT2D eigenvalue weighted by atomic mass is 35.5. The molecule has 1 heterocycles. The summed E-state index contributed by atoms with van der Waals surface area (Å²) in [4.78, 5) is 39.6. The van der Waals surface area contributed by atoms with Crippen LogP contribution in [-0.2, 0) is 19.1 Å². The fourth-order valence-electron chi connectivity index (χ4n) is 4.11. The number of nitrogens with one attached hydrogen (secondary N) is 1. The van der Waals surface area contributed by atoms with E-state index >= 15 is 0 Å². The monoisotopic (exact) mass is 424 g/mol. The number of amides is 2. The first-order chi connectivity index (χ1) is 14.5. The Morgan fingerprint density at radius 2 is 1.80 bits per heavy atom. The Morgan fingerprint density at radius 1 is 1.10 bits per heavy atom. The molecule has 0 saturated heterocycles. The standard InChI is InChI=1S/C23H21ClN2O4/c24-17-10-7-16(8-11-17)9-12-21(28)30-15-20(27)26-19-6-2-1-5-18(19)25-22(29)23(26)13-3-4-14-23/h1-2,5-12H,3-4,13-15H2,(H,25,29)/b12-9+. The zero-order valence-electron chi connectivity index (χ0n) is 16.3. The molecule has 30 heavy (non-hydrogen) atoms. The minimum Gasteiger partial charge on any atom is -0.452 e. The van der Waals surface area contributed by atoms with Crippen molar-refractivity contribution < 1.29 is 19.1 Å². The molecule has 1 aliphatic heterocycles. The number of ether oxygens (including phenoxy) is 1. The molecular formula is C23H21ClN2O4. The van der Waals surface area contributed by atoms with E-state index in [1.165, 1.54) is 11.0 Å². The molecule has 4 rings (SSSR count). The molecule has 0 aromatic heterocycles. The summed E-state index contributed by atoms with van der Waals surface area (Å²) in [6.45, 7) is -0.437. The molecule has 2 aromatic rings. The van der Waals surface area contributed by atoms with Gasteiger partial charge in [0, 0.05) is 11.1 Å². The van der Waals surface area contributed by atoms with Gasteiger partial charge in [-0.1, -0.05) is 48.7 Å². The number of carbonyl (C=O) groups is 3. The topological polar surface area (TPSA) is 75.7 Å². The summed E-state index contributed by atoms with van der Waals surface area (Å²) in [5.41, 5.74) is 1.09. The molecular weight excluding hydrogens is 404 g/mol. The van der Waals surface area contributed by atoms with Crippen molar-refractivity contribution in [3.63, 3.8) is 0 Å². The van der Waals surface area contributed by atoms with Crippen LogP contribution in [0.25, 0.3) is 6.08 Å². The van der Waals surface area contributed by atoms with Crippen LogP contribution in [0.15, 0.2) is 54.6 Å². The molecule has 6 nitrogen and oxygen atoms in total. The molecule has 1 saturated carbocycles. The van der Waals surface area contributed by atoms with E-state index in [0.29, 0.717) is 29.2 Å². The van der Waals surface area contributed by atoms with E-state index in [2.05, 4.69) is 5.32 Å². The lowest BCUT2D eigenvalue weighted by molar-refractivity contribution is -0.143. The molecule has 0 unspecified atom stereocenters. The predicted octanol–water partition coefficient (Wildman–Crippen LogP) is 4.19. The van der Waals surface area contributed by atoms with E-state index in [9.17, 15) is 14.4 Å². The molecule has 1 fully saturated rings. The molecule has 1 aliphatic carbocycles. The van der Waals surface area contributed by atoms with Crippen molar-refractivity contribution in [1.82, 2.24) is 0 Å². The van der Waals surface area contributed by atoms with Gasteiger partial charge in [-0.2, -0.15) is 0 Å². The van der Waals surface area contributed by atoms with E-state index < -0.39 is 24.0 Å². The van der Waals surface area contributed by atoms with Crippen LogP contribution in [0.2, 0.25) is 5.02 Å². The molecule has 0 bridgehead atoms. The fourth-order valence-corrected chi connectivity index (χ4v) is 4.24. The maximum atomic E-state index is 13.1. The highest BCUT2D eigenvalue weighted by Gasteiger charge is 2.52. The number of halogens is 1. The van der Waals surface area contributed by atoms with E-state index in [0.717, 1.165) is 18.4 Å². The molecule has 2 aromatic carbocycles. The summed E-state index contributed by atoms with van der Waals surface area (Å²) in [5.74, 6) is -1.22. The average Bonchev–Trinajstić information content (AvgIpc) is 3.23. The number of fused-ring (bicyclic) bond motifs is 1. The third-order valence-corrected chi connectivity index (χ3v) is 5.80. The number of hydrogen-bond donors (Lipinski definition) is 1. The number of carbonyl (C=O) groups excluding carboxylic acids is 3. The molecule has 1 spiro atoms. The quantitative estimate of drug-likeness (QED) is 0.589. The number of para-hydroxylation sites is 2. The average molecular weight is 425 g/mol. The number of nitrogens with zero attached hydrogens (tertiary/aromatic N) is 1. The fraction of sp³-hybridized carbons (Fsp3) is 0.261. The molecule has 2 aliphatic rings. The first kappa shape index (κ1) is 20.2. The van der Waals surface area contributed by atoms with Crippen molar-refractivity contribution in [1.29, 1.82) is 0 Å². The molecule has 1 N–H and O–H groups in total. The summed E-state index contributed by atoms with van der Waals surface area (Å²) in [5, 5.41) is 3.53. The highest BCUT2D eigenvalue weighted by Crippen LogP contribution is 2.45. The van der Waals surface area contributed by atoms with Crippen LogP contribution < -0.4 is 10.2 Å². The van der Waals surface area contributed by atoms with Crippen LogP contribution in [0.5, 0.6) is 0 Å². The van der Waals surface area contributed by atoms with Crippen LogP contribution in [0.1, 0.15) is 31.2 Å². The maximum Gasteiger partial charge on any atom is 0.331 e. The summed E-state index contributed by atoms with van der Waals surface area (Å²) >= 11 is 5.84. The number of esters is 1. The largest absolute Gasteiger partial charge is 0.452 e. The van der Waals surface area contributed by atoms with Crippen LogP contribution in [0.4, 0.5) is 11.4 Å². The Bertz CT molecular complexity index is 1010. The van der Waals surface area contributed by atoms with Crippen molar-refractivity contribution in [3.05, 3.63) is 65.2 Å². The van der Waals surface area contributed by atoms with E-state index in [4.69, 9.17) is 16.3 Å². The normalized spacial score (nSPS) is 17.1. The number of anilines is 2. The summed E-state index contributed by atoms with van der Waals surface area (Å²) in [7, 11) is 0. The smallest absolute Gasteiger partial charge is 0.331 e. The molecule has 0 atom stereocenters. The van der Waals surface area contributed by atoms with Crippen molar-refractivity contribution in [3.8, 4) is 0 Å². The summed E-state index contributed by atoms with van der Waals surface area (Å²) in [6.07, 6.45) is 5.75. The van der Waals surface area contributed by atoms with Crippen LogP contribution >= 0.6 is 11.6 Å². The first-order valence-corrected chi connectivity index (χ1v) is 10.2. The second-order valence-electron chi connectivity index (χ2n) is 7.43. The minimum absolute atomic E-state index is 0.180. The van der Waals surface area contributed by atoms with E-state index in [1.807, 2.05) is 6.07 Å². The van der Waals surface area contributed by atoms with Gasteiger partial charge in [0.1, 0.15) is 5.54 Å². The molecule has 154 valence electrons. The van der Waals surface area contributed by atoms with Gasteiger partial charge in [-0.25, -0.2) is 4.79 Å². The Labute approximate surface area is 179 Å². The van der Waals surface area contributed by atoms with Gasteiger partial charge in [0.05, 0.1) is 11.4 Å². The van der Waals surface area contributed by atoms with Crippen molar-refractivity contribution in [2.24, 2.45) is 0 Å². The third kappa shape index (κ3) is 3.83. The lowest BCUT2D eigenvalue weighted by Crippen LogP contribution is -2.61. The van der Waals surface area contributed by atoms with Crippen LogP contribution in [0, 0.1) is 0 Å². The number of benzene rings is 2. The zero-order chi connectivity index (χ0) is 21.1. The van der Waals surface area contributed by atoms with Gasteiger partial charge in [-0.15, -0.1) is 0 Å². The van der Waals surface area contributed by atoms with Gasteiger partial charge < -0.3 is 10.1 Å². The van der Waals surface area contributed by atoms with Crippen LogP contribution in [0.3, 0.4) is 0 Å². The SMILES string of the molecule is O=C(/C=C/c1ccc(Cl)cc1)OCC(=O)N1c2ccccc2NC(=O)C12CCCC2. The highest BCUT2D eigenvalue weighted by molar-refractivity contribution is 6.30. The molecule has 7 heteroatoms. The van der Waals surface area contributed by atoms with Crippen LogP contribution in [-0.4, -0.2) is 29.9 Å². The Morgan fingerprint density at radius 3 is 2.53 bits per heavy atom. The lowest BCUT2D eigenvalue weighted by atomic mass is 9.90. The third-order valence-electron chi connectivity index (χ3n) is 5.54. The first-order valence-electron chi connectivity index (χ1n) is 9.84. The Balaban J connectivity index is 1.49. The minimum atomic E-state index is -0.920. The maximum absolute atomic E-state index is 13.1. The van der Waals surface area contributed by atoms with E-state index in [-0.39, 0.29) is 5.91 Å². The Kier molecular flexibility index (Phi) is 5.59. The predicted molar refractivity (Wildman–Crippen MR) is 115 cm³/mol. The van der Waals surface area contributed by atoms with Gasteiger partial charge in [0.25, 0.3) is 11.8 Å². The lowest BCUT2D eigenvalue weighted by Gasteiger charge is -2.44. The summed E-state index contributed by atoms with van der Waals surface area (Å²) in [6, 6.07) is 14.2. The van der Waals surface area contributed by atoms with E-state index in [1.54, 1.807) is 48.5 Å². The second kappa shape index (κ2) is 8.32. The molecule has 2 amide bonds. The van der Waals surface area contributed by atoms with Gasteiger partial charge in [0.15, 0.2) is 6.61 Å². The number of hydrogen-bond acceptors (Lipinski definition) is 4. The van der Waals surface area contributed by atoms with Gasteiger partial charge in [-0.3, -0.25) is 14.5 Å². The van der Waals surface area contributed by atoms with Crippen molar-refractivity contribution >= 4 is 46.8 Å². The van der Waals surface area contributed by atoms with Gasteiger partial charge in [-0.05, 0) is 48.7 Å². The van der Waals surface area contributed by atoms with Gasteiger partial charge in [0.2, 0.25) is 0 Å². The van der Waals surface area contributed by atoms with Crippen molar-refractivity contribution in [2.75, 3.05) is 16.8 Å². The van der Waals surface area contributed by atoms with Crippen molar-refractivity contribution in [2.45, 2.75) is 31.2 Å².